The fraction of sp³-hybridized carbons (Fsp3) is 0.765. The molecule has 1 unspecified atom stereocenters. The Labute approximate surface area is 220 Å². The number of hydrogen-bond acceptors (Lipinski definition) is 2. The molecule has 0 aromatic rings. The monoisotopic (exact) mass is 494 g/mol. The van der Waals surface area contributed by atoms with Gasteiger partial charge in [0, 0.05) is 65.2 Å². The van der Waals surface area contributed by atoms with Crippen molar-refractivity contribution in [2.75, 3.05) is 0 Å². The predicted molar refractivity (Wildman–Crippen MR) is 171 cm³/mol. The lowest BCUT2D eigenvalue weighted by Crippen LogP contribution is -2.73. The molecule has 0 heterocycles. The van der Waals surface area contributed by atoms with E-state index >= 15 is 0 Å². The normalized spacial score (nSPS) is 13.6. The maximum absolute atomic E-state index is 6.81. The fourth-order valence-electron chi connectivity index (χ4n) is 4.55. The summed E-state index contributed by atoms with van der Waals surface area (Å²) in [6.07, 6.45) is 4.60. The van der Waals surface area contributed by atoms with Gasteiger partial charge in [-0.15, -0.1) is 23.0 Å². The molecule has 0 saturated heterocycles. The molecule has 0 rings (SSSR count). The largest absolute Gasteiger partial charge is 0.457 e. The van der Waals surface area contributed by atoms with Gasteiger partial charge < -0.3 is 8.23 Å². The highest BCUT2D eigenvalue weighted by Gasteiger charge is 2.56. The molecule has 16 heteroatoms. The summed E-state index contributed by atoms with van der Waals surface area (Å²) in [6, 6.07) is 0. The highest BCUT2D eigenvalue weighted by Crippen LogP contribution is 2.44. The van der Waals surface area contributed by atoms with Gasteiger partial charge in [-0.1, -0.05) is 11.5 Å². The highest BCUT2D eigenvalue weighted by atomic mass is 28.4. The van der Waals surface area contributed by atoms with E-state index < -0.39 is 57.5 Å². The predicted octanol–water partition coefficient (Wildman–Crippen LogP) is 1.62. The summed E-state index contributed by atoms with van der Waals surface area (Å²) in [5.41, 5.74) is 3.26. The second-order valence-electron chi connectivity index (χ2n) is 10.9. The van der Waals surface area contributed by atoms with Gasteiger partial charge in [-0.3, -0.25) is 0 Å². The molecule has 0 aromatic heterocycles. The minimum atomic E-state index is -2.60. The molecule has 0 fully saturated rings. The van der Waals surface area contributed by atoms with E-state index in [-0.39, 0.29) is 0 Å². The van der Waals surface area contributed by atoms with E-state index in [1.165, 1.54) is 7.06 Å². The van der Waals surface area contributed by atoms with Crippen LogP contribution in [0.15, 0.2) is 0 Å². The highest BCUT2D eigenvalue weighted by molar-refractivity contribution is 7.65. The van der Waals surface area contributed by atoms with Crippen LogP contribution in [0.4, 0.5) is 0 Å². The van der Waals surface area contributed by atoms with Crippen LogP contribution in [0, 0.1) is 23.8 Å². The van der Waals surface area contributed by atoms with E-state index in [1.807, 2.05) is 6.92 Å². The third-order valence-electron chi connectivity index (χ3n) is 5.29. The maximum atomic E-state index is 6.81. The summed E-state index contributed by atoms with van der Waals surface area (Å²) in [7, 11) is 27.0. The van der Waals surface area contributed by atoms with Gasteiger partial charge in [0.2, 0.25) is 0 Å². The van der Waals surface area contributed by atoms with Gasteiger partial charge in [0.15, 0.2) is 25.0 Å². The molecular formula is C17H36B10O2Si4. The number of rotatable bonds is 12. The summed E-state index contributed by atoms with van der Waals surface area (Å²) in [4.78, 5) is 0. The van der Waals surface area contributed by atoms with E-state index in [0.29, 0.717) is 0 Å². The molecule has 0 aliphatic heterocycles. The van der Waals surface area contributed by atoms with Crippen molar-refractivity contribution < 1.29 is 8.23 Å². The maximum Gasteiger partial charge on any atom is 0.255 e. The van der Waals surface area contributed by atoms with Gasteiger partial charge in [0.1, 0.15) is 0 Å². The van der Waals surface area contributed by atoms with Crippen LogP contribution in [0.2, 0.25) is 69.6 Å². The minimum absolute atomic E-state index is 0.484. The van der Waals surface area contributed by atoms with Crippen LogP contribution in [-0.2, 0) is 8.23 Å². The second-order valence-corrected chi connectivity index (χ2v) is 27.8. The van der Waals surface area contributed by atoms with Crippen molar-refractivity contribution in [3.63, 3.8) is 0 Å². The Morgan fingerprint density at radius 3 is 1.67 bits per heavy atom. The zero-order chi connectivity index (χ0) is 26.9. The molecule has 0 saturated carbocycles. The van der Waals surface area contributed by atoms with Crippen LogP contribution >= 0.6 is 0 Å². The molecule has 33 heavy (non-hydrogen) atoms. The van der Waals surface area contributed by atoms with Gasteiger partial charge in [0.25, 0.3) is 8.32 Å². The van der Waals surface area contributed by atoms with Crippen molar-refractivity contribution in [2.24, 2.45) is 0 Å². The van der Waals surface area contributed by atoms with E-state index in [4.69, 9.17) is 46.9 Å². The Bertz CT molecular complexity index is 701. The third kappa shape index (κ3) is 11.4. The summed E-state index contributed by atoms with van der Waals surface area (Å²) < 4.78 is 12.3. The average Bonchev–Trinajstić information content (AvgIpc) is 2.57. The number of hydrogen-bond donors (Lipinski definition) is 0. The van der Waals surface area contributed by atoms with Crippen molar-refractivity contribution in [3.8, 4) is 23.8 Å². The molecule has 0 N–H and O–H groups in total. The SMILES string of the molecule is C#CC.[B][B]B([B])C(B([B])[B])(B([B])[B]C[Si](C)(C)O[Si](C)(C)C#CC)[Si](C)(C)O[Si](C)(C)C. The molecule has 0 spiro atoms. The Morgan fingerprint density at radius 1 is 0.879 bits per heavy atom. The fourth-order valence-corrected chi connectivity index (χ4v) is 21.5. The zero-order valence-electron chi connectivity index (χ0n) is 22.9. The van der Waals surface area contributed by atoms with Crippen LogP contribution in [-0.4, -0.2) is 106 Å². The first kappa shape index (κ1) is 35.7. The van der Waals surface area contributed by atoms with Crippen molar-refractivity contribution in [3.05, 3.63) is 0 Å². The standard InChI is InChI=1S/C14H32B10O2Si4.C3H4/c1-11-12-28(5,6)26-29(7,8)13-20-23(18)14(22(16)17,24(19)21-15)30(9,10)25-27(2,3)4;1-3-2/h13H2,1-10H3;1H,2H3. The van der Waals surface area contributed by atoms with Crippen molar-refractivity contribution in [1.29, 1.82) is 0 Å². The Hall–Kier alpha value is 0.557. The summed E-state index contributed by atoms with van der Waals surface area (Å²) in [5.74, 6) is 5.98. The van der Waals surface area contributed by atoms with Crippen LogP contribution in [0.1, 0.15) is 13.8 Å². The Morgan fingerprint density at radius 2 is 1.33 bits per heavy atom. The third-order valence-corrected chi connectivity index (χ3v) is 19.2. The molecule has 0 bridgehead atoms. The molecule has 162 valence electrons. The Kier molecular flexibility index (Phi) is 15.5. The lowest BCUT2D eigenvalue weighted by molar-refractivity contribution is 0.547. The van der Waals surface area contributed by atoms with Crippen LogP contribution in [0.5, 0.6) is 0 Å². The average molecular weight is 493 g/mol. The van der Waals surface area contributed by atoms with Crippen molar-refractivity contribution in [2.45, 2.75) is 83.5 Å². The van der Waals surface area contributed by atoms with E-state index in [2.05, 4.69) is 89.9 Å². The second kappa shape index (κ2) is 14.3. The van der Waals surface area contributed by atoms with E-state index in [0.717, 1.165) is 5.94 Å². The molecule has 0 aromatic carbocycles. The molecule has 1 atom stereocenters. The quantitative estimate of drug-likeness (QED) is 0.304. The van der Waals surface area contributed by atoms with Gasteiger partial charge in [0.05, 0.1) is 7.17 Å². The van der Waals surface area contributed by atoms with Crippen LogP contribution in [0.25, 0.3) is 0 Å². The van der Waals surface area contributed by atoms with Crippen LogP contribution < -0.4 is 0 Å². The first-order valence-electron chi connectivity index (χ1n) is 11.3. The smallest absolute Gasteiger partial charge is 0.255 e. The first-order valence-corrected chi connectivity index (χ1v) is 23.7. The van der Waals surface area contributed by atoms with E-state index in [1.54, 1.807) is 6.92 Å². The van der Waals surface area contributed by atoms with Gasteiger partial charge >= 0.3 is 0 Å². The summed E-state index contributed by atoms with van der Waals surface area (Å²) in [6.45, 7) is 20.9. The van der Waals surface area contributed by atoms with Crippen molar-refractivity contribution >= 4 is 106 Å². The first-order chi connectivity index (χ1) is 14.7. The molecule has 0 amide bonds. The molecule has 2 nitrogen and oxygen atoms in total. The lowest BCUT2D eigenvalue weighted by Gasteiger charge is -2.58. The molecule has 0 aliphatic rings. The van der Waals surface area contributed by atoms with Gasteiger partial charge in [-0.25, -0.2) is 0 Å². The topological polar surface area (TPSA) is 18.5 Å². The zero-order valence-corrected chi connectivity index (χ0v) is 26.9. The van der Waals surface area contributed by atoms with E-state index in [9.17, 15) is 0 Å². The van der Waals surface area contributed by atoms with Gasteiger partial charge in [-0.05, 0) is 72.8 Å². The van der Waals surface area contributed by atoms with Crippen molar-refractivity contribution in [1.82, 2.24) is 0 Å². The molecule has 12 radical (unpaired) electrons. The van der Waals surface area contributed by atoms with Gasteiger partial charge in [-0.2, -0.15) is 0 Å². The molecular weight excluding hydrogens is 457 g/mol. The summed E-state index contributed by atoms with van der Waals surface area (Å²) in [5, 5.41) is 0. The Balaban J connectivity index is 0. The van der Waals surface area contributed by atoms with Crippen LogP contribution in [0.3, 0.4) is 0 Å². The number of terminal acetylenes is 1. The minimum Gasteiger partial charge on any atom is -0.457 e. The summed E-state index contributed by atoms with van der Waals surface area (Å²) >= 11 is 0. The lowest BCUT2D eigenvalue weighted by atomic mass is 8.79. The molecule has 0 aliphatic carbocycles.